The van der Waals surface area contributed by atoms with Crippen LogP contribution in [0.4, 0.5) is 0 Å². The van der Waals surface area contributed by atoms with Gasteiger partial charge in [0.05, 0.1) is 5.25 Å². The van der Waals surface area contributed by atoms with Gasteiger partial charge in [-0.15, -0.1) is 11.3 Å². The molecule has 7 heteroatoms. The van der Waals surface area contributed by atoms with Crippen molar-refractivity contribution in [3.05, 3.63) is 21.9 Å². The maximum Gasteiger partial charge on any atom is 0.326 e. The Labute approximate surface area is 110 Å². The molecule has 0 bridgehead atoms. The van der Waals surface area contributed by atoms with Gasteiger partial charge in [0.2, 0.25) is 10.0 Å². The van der Waals surface area contributed by atoms with Crippen molar-refractivity contribution in [1.82, 2.24) is 4.31 Å². The van der Waals surface area contributed by atoms with Crippen LogP contribution in [-0.2, 0) is 21.2 Å². The van der Waals surface area contributed by atoms with Crippen molar-refractivity contribution in [3.63, 3.8) is 0 Å². The van der Waals surface area contributed by atoms with E-state index in [1.54, 1.807) is 19.9 Å². The average Bonchev–Trinajstić information content (AvgIpc) is 2.74. The molecule has 1 aromatic heterocycles. The molecule has 1 atom stereocenters. The topological polar surface area (TPSA) is 74.7 Å². The summed E-state index contributed by atoms with van der Waals surface area (Å²) in [6, 6.07) is 0.633. The van der Waals surface area contributed by atoms with Crippen LogP contribution in [0.5, 0.6) is 0 Å². The number of thiophene rings is 1. The minimum atomic E-state index is -3.56. The molecule has 0 fully saturated rings. The summed E-state index contributed by atoms with van der Waals surface area (Å²) in [4.78, 5) is 12.4. The Balaban J connectivity index is 2.49. The summed E-state index contributed by atoms with van der Waals surface area (Å²) in [5, 5.41) is 10.5. The minimum absolute atomic E-state index is 0.241. The molecule has 2 rings (SSSR count). The second-order valence-corrected chi connectivity index (χ2v) is 7.94. The monoisotopic (exact) mass is 289 g/mol. The molecule has 0 aromatic carbocycles. The van der Waals surface area contributed by atoms with Crippen molar-refractivity contribution in [1.29, 1.82) is 0 Å². The van der Waals surface area contributed by atoms with Gasteiger partial charge in [0.25, 0.3) is 0 Å². The first kappa shape index (κ1) is 13.5. The van der Waals surface area contributed by atoms with Gasteiger partial charge in [-0.2, -0.15) is 4.31 Å². The molecule has 0 aliphatic carbocycles. The molecular weight excluding hydrogens is 274 g/mol. The molecule has 5 nitrogen and oxygen atoms in total. The highest BCUT2D eigenvalue weighted by Gasteiger charge is 2.41. The maximum atomic E-state index is 12.2. The lowest BCUT2D eigenvalue weighted by Crippen LogP contribution is -2.45. The summed E-state index contributed by atoms with van der Waals surface area (Å²) in [5.74, 6) is -1.11. The fourth-order valence-corrected chi connectivity index (χ4v) is 4.38. The quantitative estimate of drug-likeness (QED) is 0.914. The third-order valence-electron chi connectivity index (χ3n) is 3.08. The van der Waals surface area contributed by atoms with Gasteiger partial charge in [0, 0.05) is 11.4 Å². The third kappa shape index (κ3) is 2.06. The molecule has 0 spiro atoms. The summed E-state index contributed by atoms with van der Waals surface area (Å²) in [6.45, 7) is 3.37. The lowest BCUT2D eigenvalue weighted by molar-refractivity contribution is -0.142. The van der Waals surface area contributed by atoms with E-state index in [4.69, 9.17) is 0 Å². The standard InChI is InChI=1S/C11H15NO4S2/c1-7(2)18(15,16)12-5-3-9-8(4-6-17-9)10(12)11(13)14/h4,6-7,10H,3,5H2,1-2H3,(H,13,14). The predicted molar refractivity (Wildman–Crippen MR) is 69.2 cm³/mol. The van der Waals surface area contributed by atoms with Gasteiger partial charge in [-0.3, -0.25) is 4.79 Å². The Morgan fingerprint density at radius 2 is 2.22 bits per heavy atom. The van der Waals surface area contributed by atoms with E-state index in [1.807, 2.05) is 5.38 Å². The SMILES string of the molecule is CC(C)S(=O)(=O)N1CCc2sccc2C1C(=O)O. The van der Waals surface area contributed by atoms with E-state index in [1.165, 1.54) is 11.3 Å². The van der Waals surface area contributed by atoms with Gasteiger partial charge in [-0.25, -0.2) is 8.42 Å². The molecule has 0 amide bonds. The highest BCUT2D eigenvalue weighted by atomic mass is 32.2. The van der Waals surface area contributed by atoms with Gasteiger partial charge < -0.3 is 5.11 Å². The lowest BCUT2D eigenvalue weighted by Gasteiger charge is -2.33. The van der Waals surface area contributed by atoms with Crippen LogP contribution in [0.15, 0.2) is 11.4 Å². The molecule has 1 N–H and O–H groups in total. The van der Waals surface area contributed by atoms with Gasteiger partial charge in [-0.05, 0) is 37.3 Å². The second kappa shape index (κ2) is 4.64. The molecule has 18 heavy (non-hydrogen) atoms. The number of carbonyl (C=O) groups is 1. The highest BCUT2D eigenvalue weighted by molar-refractivity contribution is 7.89. The number of hydrogen-bond donors (Lipinski definition) is 1. The van der Waals surface area contributed by atoms with Crippen LogP contribution in [0.3, 0.4) is 0 Å². The molecule has 1 aliphatic heterocycles. The van der Waals surface area contributed by atoms with E-state index in [0.29, 0.717) is 12.0 Å². The average molecular weight is 289 g/mol. The van der Waals surface area contributed by atoms with Crippen molar-refractivity contribution >= 4 is 27.3 Å². The summed E-state index contributed by atoms with van der Waals surface area (Å²) in [5.41, 5.74) is 0.614. The Morgan fingerprint density at radius 1 is 1.56 bits per heavy atom. The van der Waals surface area contributed by atoms with Gasteiger partial charge >= 0.3 is 5.97 Å². The van der Waals surface area contributed by atoms with Crippen molar-refractivity contribution in [2.24, 2.45) is 0 Å². The maximum absolute atomic E-state index is 12.2. The van der Waals surface area contributed by atoms with Crippen LogP contribution in [0.25, 0.3) is 0 Å². The van der Waals surface area contributed by atoms with E-state index >= 15 is 0 Å². The number of rotatable bonds is 3. The van der Waals surface area contributed by atoms with Gasteiger partial charge in [0.1, 0.15) is 6.04 Å². The summed E-state index contributed by atoms with van der Waals surface area (Å²) in [6.07, 6.45) is 0.586. The smallest absolute Gasteiger partial charge is 0.326 e. The molecule has 1 aliphatic rings. The molecule has 2 heterocycles. The molecule has 0 radical (unpaired) electrons. The van der Waals surface area contributed by atoms with Crippen molar-refractivity contribution in [3.8, 4) is 0 Å². The van der Waals surface area contributed by atoms with E-state index in [0.717, 1.165) is 9.18 Å². The van der Waals surface area contributed by atoms with E-state index in [9.17, 15) is 18.3 Å². The van der Waals surface area contributed by atoms with E-state index in [-0.39, 0.29) is 6.54 Å². The number of carboxylic acids is 1. The molecule has 0 saturated carbocycles. The zero-order valence-electron chi connectivity index (χ0n) is 10.2. The summed E-state index contributed by atoms with van der Waals surface area (Å²) >= 11 is 1.48. The molecule has 1 unspecified atom stereocenters. The zero-order valence-corrected chi connectivity index (χ0v) is 11.8. The molecule has 0 saturated heterocycles. The Bertz CT molecular complexity index is 561. The van der Waals surface area contributed by atoms with E-state index < -0.39 is 27.3 Å². The fourth-order valence-electron chi connectivity index (χ4n) is 2.09. The molecule has 100 valence electrons. The van der Waals surface area contributed by atoms with Gasteiger partial charge in [0.15, 0.2) is 0 Å². The fraction of sp³-hybridized carbons (Fsp3) is 0.545. The first-order chi connectivity index (χ1) is 8.35. The normalized spacial score (nSPS) is 20.9. The first-order valence-electron chi connectivity index (χ1n) is 5.65. The van der Waals surface area contributed by atoms with Crippen LogP contribution in [-0.4, -0.2) is 35.6 Å². The largest absolute Gasteiger partial charge is 0.480 e. The van der Waals surface area contributed by atoms with Crippen LogP contribution in [0.2, 0.25) is 0 Å². The Kier molecular flexibility index (Phi) is 3.48. The first-order valence-corrected chi connectivity index (χ1v) is 8.03. The summed E-state index contributed by atoms with van der Waals surface area (Å²) < 4.78 is 25.5. The van der Waals surface area contributed by atoms with Crippen LogP contribution < -0.4 is 0 Å². The van der Waals surface area contributed by atoms with Crippen molar-refractivity contribution in [2.75, 3.05) is 6.54 Å². The lowest BCUT2D eigenvalue weighted by atomic mass is 10.0. The van der Waals surface area contributed by atoms with Crippen LogP contribution in [0, 0.1) is 0 Å². The van der Waals surface area contributed by atoms with Crippen LogP contribution in [0.1, 0.15) is 30.3 Å². The highest BCUT2D eigenvalue weighted by Crippen LogP contribution is 2.35. The number of carboxylic acid groups (broad SMARTS) is 1. The zero-order chi connectivity index (χ0) is 13.5. The molecular formula is C11H15NO4S2. The van der Waals surface area contributed by atoms with Gasteiger partial charge in [-0.1, -0.05) is 0 Å². The van der Waals surface area contributed by atoms with E-state index in [2.05, 4.69) is 0 Å². The predicted octanol–water partition coefficient (Wildman–Crippen LogP) is 1.47. The number of nitrogens with zero attached hydrogens (tertiary/aromatic N) is 1. The second-order valence-electron chi connectivity index (χ2n) is 4.49. The van der Waals surface area contributed by atoms with Crippen molar-refractivity contribution in [2.45, 2.75) is 31.6 Å². The van der Waals surface area contributed by atoms with Crippen LogP contribution >= 0.6 is 11.3 Å². The summed E-state index contributed by atoms with van der Waals surface area (Å²) in [7, 11) is -3.56. The number of hydrogen-bond acceptors (Lipinski definition) is 4. The molecule has 1 aromatic rings. The third-order valence-corrected chi connectivity index (χ3v) is 6.31. The minimum Gasteiger partial charge on any atom is -0.480 e. The number of fused-ring (bicyclic) bond motifs is 1. The van der Waals surface area contributed by atoms with Crippen molar-refractivity contribution < 1.29 is 18.3 Å². The Morgan fingerprint density at radius 3 is 2.78 bits per heavy atom. The Hall–Kier alpha value is -0.920. The number of sulfonamides is 1. The number of aliphatic carboxylic acids is 1.